The normalized spacial score (nSPS) is 10.2. The summed E-state index contributed by atoms with van der Waals surface area (Å²) in [4.78, 5) is 22.6. The Balaban J connectivity index is 1.83. The monoisotopic (exact) mass is 338 g/mol. The molecule has 3 aromatic rings. The third kappa shape index (κ3) is 3.52. The van der Waals surface area contributed by atoms with Crippen LogP contribution in [0.5, 0.6) is 0 Å². The average Bonchev–Trinajstić information content (AvgIpc) is 2.64. The SMILES string of the molecule is CN(c1ccccc1)c1cc(C(=O)Nc2ccccc2Cl)ncn1. The van der Waals surface area contributed by atoms with Gasteiger partial charge in [-0.1, -0.05) is 41.9 Å². The Labute approximate surface area is 144 Å². The molecule has 3 rings (SSSR count). The molecule has 120 valence electrons. The lowest BCUT2D eigenvalue weighted by molar-refractivity contribution is 0.102. The van der Waals surface area contributed by atoms with Crippen LogP contribution in [0.3, 0.4) is 0 Å². The van der Waals surface area contributed by atoms with Crippen LogP contribution >= 0.6 is 11.6 Å². The van der Waals surface area contributed by atoms with Crippen LogP contribution < -0.4 is 10.2 Å². The molecule has 6 heteroatoms. The molecule has 2 aromatic carbocycles. The molecule has 0 fully saturated rings. The topological polar surface area (TPSA) is 58.1 Å². The van der Waals surface area contributed by atoms with Crippen molar-refractivity contribution in [2.45, 2.75) is 0 Å². The van der Waals surface area contributed by atoms with Crippen LogP contribution in [0.2, 0.25) is 5.02 Å². The Morgan fingerprint density at radius 2 is 1.75 bits per heavy atom. The lowest BCUT2D eigenvalue weighted by atomic mass is 10.2. The maximum atomic E-state index is 12.4. The molecule has 0 aliphatic rings. The highest BCUT2D eigenvalue weighted by Gasteiger charge is 2.13. The molecular weight excluding hydrogens is 324 g/mol. The Hall–Kier alpha value is -2.92. The van der Waals surface area contributed by atoms with E-state index in [4.69, 9.17) is 11.6 Å². The molecule has 0 atom stereocenters. The summed E-state index contributed by atoms with van der Waals surface area (Å²) in [6.45, 7) is 0. The minimum atomic E-state index is -0.340. The van der Waals surface area contributed by atoms with E-state index in [0.29, 0.717) is 16.5 Å². The summed E-state index contributed by atoms with van der Waals surface area (Å²) in [5.41, 5.74) is 1.78. The Kier molecular flexibility index (Phi) is 4.72. The molecule has 1 amide bonds. The predicted octanol–water partition coefficient (Wildman–Crippen LogP) is 4.15. The van der Waals surface area contributed by atoms with E-state index in [2.05, 4.69) is 15.3 Å². The zero-order valence-electron chi connectivity index (χ0n) is 13.0. The molecule has 0 aliphatic carbocycles. The number of hydrogen-bond acceptors (Lipinski definition) is 4. The van der Waals surface area contributed by atoms with Gasteiger partial charge in [-0.2, -0.15) is 0 Å². The van der Waals surface area contributed by atoms with Crippen LogP contribution in [0, 0.1) is 0 Å². The number of benzene rings is 2. The first-order valence-electron chi connectivity index (χ1n) is 7.32. The molecule has 0 bridgehead atoms. The van der Waals surface area contributed by atoms with Crippen molar-refractivity contribution in [1.29, 1.82) is 0 Å². The zero-order chi connectivity index (χ0) is 16.9. The summed E-state index contributed by atoms with van der Waals surface area (Å²) in [7, 11) is 1.88. The van der Waals surface area contributed by atoms with Gasteiger partial charge in [0.25, 0.3) is 5.91 Å². The first-order valence-corrected chi connectivity index (χ1v) is 7.69. The highest BCUT2D eigenvalue weighted by Crippen LogP contribution is 2.23. The Morgan fingerprint density at radius 3 is 2.50 bits per heavy atom. The average molecular weight is 339 g/mol. The van der Waals surface area contributed by atoms with Gasteiger partial charge in [0.05, 0.1) is 10.7 Å². The molecule has 1 aromatic heterocycles. The van der Waals surface area contributed by atoms with Crippen molar-refractivity contribution in [3.8, 4) is 0 Å². The van der Waals surface area contributed by atoms with Crippen molar-refractivity contribution in [2.24, 2.45) is 0 Å². The largest absolute Gasteiger partial charge is 0.329 e. The number of carbonyl (C=O) groups is 1. The van der Waals surface area contributed by atoms with Crippen molar-refractivity contribution >= 4 is 34.7 Å². The third-order valence-corrected chi connectivity index (χ3v) is 3.82. The summed E-state index contributed by atoms with van der Waals surface area (Å²) < 4.78 is 0. The second kappa shape index (κ2) is 7.10. The summed E-state index contributed by atoms with van der Waals surface area (Å²) in [5, 5.41) is 3.23. The van der Waals surface area contributed by atoms with Gasteiger partial charge in [0.2, 0.25) is 0 Å². The van der Waals surface area contributed by atoms with Gasteiger partial charge in [-0.15, -0.1) is 0 Å². The molecular formula is C18H15ClN4O. The molecule has 1 heterocycles. The number of para-hydroxylation sites is 2. The number of nitrogens with one attached hydrogen (secondary N) is 1. The zero-order valence-corrected chi connectivity index (χ0v) is 13.7. The molecule has 0 unspecified atom stereocenters. The maximum absolute atomic E-state index is 12.4. The Morgan fingerprint density at radius 1 is 1.04 bits per heavy atom. The van der Waals surface area contributed by atoms with E-state index in [-0.39, 0.29) is 11.6 Å². The summed E-state index contributed by atoms with van der Waals surface area (Å²) in [6, 6.07) is 18.4. The fraction of sp³-hybridized carbons (Fsp3) is 0.0556. The number of amides is 1. The summed E-state index contributed by atoms with van der Waals surface area (Å²) >= 11 is 6.06. The van der Waals surface area contributed by atoms with Gasteiger partial charge in [-0.05, 0) is 24.3 Å². The second-order valence-corrected chi connectivity index (χ2v) is 5.50. The lowest BCUT2D eigenvalue weighted by Crippen LogP contribution is -2.17. The van der Waals surface area contributed by atoms with E-state index in [1.807, 2.05) is 42.3 Å². The van der Waals surface area contributed by atoms with Crippen LogP contribution in [0.15, 0.2) is 67.0 Å². The minimum absolute atomic E-state index is 0.266. The first kappa shape index (κ1) is 16.0. The number of halogens is 1. The van der Waals surface area contributed by atoms with E-state index in [9.17, 15) is 4.79 Å². The first-order chi connectivity index (χ1) is 11.6. The van der Waals surface area contributed by atoms with Crippen molar-refractivity contribution in [2.75, 3.05) is 17.3 Å². The van der Waals surface area contributed by atoms with Gasteiger partial charge >= 0.3 is 0 Å². The standard InChI is InChI=1S/C18H15ClN4O/c1-23(13-7-3-2-4-8-13)17-11-16(20-12-21-17)18(24)22-15-10-6-5-9-14(15)19/h2-12H,1H3,(H,22,24). The van der Waals surface area contributed by atoms with Crippen LogP contribution in [-0.2, 0) is 0 Å². The van der Waals surface area contributed by atoms with E-state index >= 15 is 0 Å². The molecule has 0 saturated heterocycles. The van der Waals surface area contributed by atoms with Gasteiger partial charge < -0.3 is 10.2 Å². The van der Waals surface area contributed by atoms with Gasteiger partial charge in [-0.25, -0.2) is 9.97 Å². The minimum Gasteiger partial charge on any atom is -0.329 e. The quantitative estimate of drug-likeness (QED) is 0.776. The number of nitrogens with zero attached hydrogens (tertiary/aromatic N) is 3. The smallest absolute Gasteiger partial charge is 0.274 e. The van der Waals surface area contributed by atoms with Gasteiger partial charge in [-0.3, -0.25) is 4.79 Å². The highest BCUT2D eigenvalue weighted by atomic mass is 35.5. The number of aromatic nitrogens is 2. The van der Waals surface area contributed by atoms with Crippen LogP contribution in [0.25, 0.3) is 0 Å². The van der Waals surface area contributed by atoms with Crippen LogP contribution in [0.4, 0.5) is 17.2 Å². The van der Waals surface area contributed by atoms with E-state index in [1.165, 1.54) is 6.33 Å². The molecule has 0 spiro atoms. The van der Waals surface area contributed by atoms with E-state index in [1.54, 1.807) is 30.3 Å². The molecule has 5 nitrogen and oxygen atoms in total. The van der Waals surface area contributed by atoms with Crippen molar-refractivity contribution in [3.05, 3.63) is 77.7 Å². The number of carbonyl (C=O) groups excluding carboxylic acids is 1. The van der Waals surface area contributed by atoms with Gasteiger partial charge in [0, 0.05) is 18.8 Å². The predicted molar refractivity (Wildman–Crippen MR) is 95.9 cm³/mol. The van der Waals surface area contributed by atoms with Gasteiger partial charge in [0.15, 0.2) is 0 Å². The molecule has 0 aliphatic heterocycles. The van der Waals surface area contributed by atoms with Crippen molar-refractivity contribution in [1.82, 2.24) is 9.97 Å². The van der Waals surface area contributed by atoms with Crippen LogP contribution in [-0.4, -0.2) is 22.9 Å². The van der Waals surface area contributed by atoms with Crippen LogP contribution in [0.1, 0.15) is 10.5 Å². The number of anilines is 3. The van der Waals surface area contributed by atoms with Crippen molar-refractivity contribution < 1.29 is 4.79 Å². The molecule has 1 N–H and O–H groups in total. The van der Waals surface area contributed by atoms with Gasteiger partial charge in [0.1, 0.15) is 17.8 Å². The highest BCUT2D eigenvalue weighted by molar-refractivity contribution is 6.33. The fourth-order valence-electron chi connectivity index (χ4n) is 2.19. The van der Waals surface area contributed by atoms with E-state index < -0.39 is 0 Å². The van der Waals surface area contributed by atoms with Crippen molar-refractivity contribution in [3.63, 3.8) is 0 Å². The summed E-state index contributed by atoms with van der Waals surface area (Å²) in [5.74, 6) is 0.286. The lowest BCUT2D eigenvalue weighted by Gasteiger charge is -2.18. The summed E-state index contributed by atoms with van der Waals surface area (Å²) in [6.07, 6.45) is 1.37. The molecule has 0 radical (unpaired) electrons. The third-order valence-electron chi connectivity index (χ3n) is 3.49. The fourth-order valence-corrected chi connectivity index (χ4v) is 2.37. The second-order valence-electron chi connectivity index (χ2n) is 5.09. The number of hydrogen-bond donors (Lipinski definition) is 1. The van der Waals surface area contributed by atoms with E-state index in [0.717, 1.165) is 5.69 Å². The number of rotatable bonds is 4. The Bertz CT molecular complexity index is 854. The molecule has 0 saturated carbocycles. The maximum Gasteiger partial charge on any atom is 0.274 e. The molecule has 24 heavy (non-hydrogen) atoms.